The SMILES string of the molecule is Cc1cnc(C(=O)O)s1.Nc1cccc(C(=O)c2ccc3c(C=Cc4ccccc4)n[nH]c3c2)c1. The van der Waals surface area contributed by atoms with E-state index in [4.69, 9.17) is 10.8 Å². The monoisotopic (exact) mass is 482 g/mol. The number of aryl methyl sites for hydroxylation is 1. The third-order valence-corrected chi connectivity index (χ3v) is 5.94. The molecule has 0 atom stereocenters. The van der Waals surface area contributed by atoms with Crippen molar-refractivity contribution >= 4 is 51.8 Å². The van der Waals surface area contributed by atoms with Crippen molar-refractivity contribution in [2.75, 3.05) is 5.73 Å². The molecule has 4 N–H and O–H groups in total. The van der Waals surface area contributed by atoms with Gasteiger partial charge in [-0.2, -0.15) is 5.10 Å². The van der Waals surface area contributed by atoms with E-state index in [1.165, 1.54) is 11.3 Å². The van der Waals surface area contributed by atoms with E-state index < -0.39 is 5.97 Å². The van der Waals surface area contributed by atoms with Crippen molar-refractivity contribution in [3.05, 3.63) is 111 Å². The molecular weight excluding hydrogens is 460 g/mol. The third-order valence-electron chi connectivity index (χ3n) is 5.04. The maximum atomic E-state index is 12.7. The van der Waals surface area contributed by atoms with E-state index in [-0.39, 0.29) is 10.8 Å². The van der Waals surface area contributed by atoms with E-state index >= 15 is 0 Å². The molecule has 5 rings (SSSR count). The summed E-state index contributed by atoms with van der Waals surface area (Å²) in [7, 11) is 0. The molecule has 0 bridgehead atoms. The number of hydrogen-bond acceptors (Lipinski definition) is 6. The maximum Gasteiger partial charge on any atom is 0.365 e. The Labute approximate surface area is 205 Å². The first kappa shape index (κ1) is 23.6. The number of aromatic amines is 1. The van der Waals surface area contributed by atoms with Crippen molar-refractivity contribution in [1.29, 1.82) is 0 Å². The first-order valence-corrected chi connectivity index (χ1v) is 11.5. The lowest BCUT2D eigenvalue weighted by Gasteiger charge is -2.02. The quantitative estimate of drug-likeness (QED) is 0.218. The van der Waals surface area contributed by atoms with E-state index in [0.29, 0.717) is 16.8 Å². The molecule has 2 heterocycles. The fraction of sp³-hybridized carbons (Fsp3) is 0.0370. The van der Waals surface area contributed by atoms with Gasteiger partial charge in [0.25, 0.3) is 0 Å². The number of carbonyl (C=O) groups excluding carboxylic acids is 1. The number of benzene rings is 3. The van der Waals surface area contributed by atoms with Gasteiger partial charge in [-0.1, -0.05) is 54.6 Å². The summed E-state index contributed by atoms with van der Waals surface area (Å²) in [6.07, 6.45) is 5.53. The molecule has 0 radical (unpaired) electrons. The topological polar surface area (TPSA) is 122 Å². The van der Waals surface area contributed by atoms with E-state index in [1.54, 1.807) is 30.5 Å². The number of nitrogens with two attached hydrogens (primary N) is 1. The molecule has 2 aromatic heterocycles. The van der Waals surface area contributed by atoms with Crippen molar-refractivity contribution in [2.24, 2.45) is 0 Å². The Balaban J connectivity index is 0.000000271. The lowest BCUT2D eigenvalue weighted by molar-refractivity contribution is 0.0696. The zero-order chi connectivity index (χ0) is 24.8. The van der Waals surface area contributed by atoms with Gasteiger partial charge < -0.3 is 10.8 Å². The zero-order valence-corrected chi connectivity index (χ0v) is 19.6. The van der Waals surface area contributed by atoms with Gasteiger partial charge in [0.1, 0.15) is 0 Å². The molecule has 0 aliphatic heterocycles. The van der Waals surface area contributed by atoms with Crippen LogP contribution in [0, 0.1) is 6.92 Å². The van der Waals surface area contributed by atoms with Gasteiger partial charge in [0.05, 0.1) is 11.2 Å². The molecule has 3 aromatic carbocycles. The number of thiazole rings is 1. The summed E-state index contributed by atoms with van der Waals surface area (Å²) in [6.45, 7) is 1.82. The molecule has 8 heteroatoms. The molecule has 7 nitrogen and oxygen atoms in total. The summed E-state index contributed by atoms with van der Waals surface area (Å²) in [4.78, 5) is 27.4. The standard InChI is InChI=1S/C22H17N3O.C5H5NO2S/c23-18-8-4-7-16(13-18)22(26)17-10-11-19-20(24-25-21(19)14-17)12-9-15-5-2-1-3-6-15;1-3-2-6-4(9-3)5(7)8/h1-14H,23H2,(H,24,25);2H,1H3,(H,7,8). The number of carbonyl (C=O) groups is 2. The van der Waals surface area contributed by atoms with Crippen LogP contribution in [-0.2, 0) is 0 Å². The number of carboxylic acid groups (broad SMARTS) is 1. The van der Waals surface area contributed by atoms with Crippen LogP contribution in [0.3, 0.4) is 0 Å². The number of rotatable bonds is 5. The van der Waals surface area contributed by atoms with E-state index in [9.17, 15) is 9.59 Å². The highest BCUT2D eigenvalue weighted by Crippen LogP contribution is 2.22. The largest absolute Gasteiger partial charge is 0.476 e. The van der Waals surface area contributed by atoms with Gasteiger partial charge in [-0.15, -0.1) is 11.3 Å². The molecule has 0 fully saturated rings. The Hall–Kier alpha value is -4.56. The van der Waals surface area contributed by atoms with Gasteiger partial charge in [0.15, 0.2) is 5.78 Å². The minimum absolute atomic E-state index is 0.0600. The summed E-state index contributed by atoms with van der Waals surface area (Å²) < 4.78 is 0. The van der Waals surface area contributed by atoms with E-state index in [1.807, 2.05) is 67.6 Å². The Morgan fingerprint density at radius 3 is 2.40 bits per heavy atom. The Morgan fingerprint density at radius 1 is 0.971 bits per heavy atom. The predicted molar refractivity (Wildman–Crippen MR) is 140 cm³/mol. The normalized spacial score (nSPS) is 10.8. The highest BCUT2D eigenvalue weighted by Gasteiger charge is 2.12. The van der Waals surface area contributed by atoms with Gasteiger partial charge in [0, 0.05) is 33.3 Å². The van der Waals surface area contributed by atoms with Crippen molar-refractivity contribution in [2.45, 2.75) is 6.92 Å². The van der Waals surface area contributed by atoms with Crippen LogP contribution >= 0.6 is 11.3 Å². The fourth-order valence-electron chi connectivity index (χ4n) is 3.35. The molecule has 0 aliphatic rings. The Kier molecular flexibility index (Phi) is 7.13. The van der Waals surface area contributed by atoms with Crippen LogP contribution < -0.4 is 5.73 Å². The molecule has 0 unspecified atom stereocenters. The number of anilines is 1. The van der Waals surface area contributed by atoms with Crippen LogP contribution in [0.2, 0.25) is 0 Å². The average molecular weight is 483 g/mol. The van der Waals surface area contributed by atoms with Crippen molar-refractivity contribution in [3.8, 4) is 0 Å². The summed E-state index contributed by atoms with van der Waals surface area (Å²) in [5.74, 6) is -1.01. The molecule has 0 spiro atoms. The zero-order valence-electron chi connectivity index (χ0n) is 18.8. The van der Waals surface area contributed by atoms with Gasteiger partial charge in [-0.3, -0.25) is 9.89 Å². The Morgan fingerprint density at radius 2 is 1.74 bits per heavy atom. The molecule has 0 aliphatic carbocycles. The second kappa shape index (κ2) is 10.6. The summed E-state index contributed by atoms with van der Waals surface area (Å²) in [5, 5.41) is 16.8. The van der Waals surface area contributed by atoms with Crippen LogP contribution in [-0.4, -0.2) is 32.0 Å². The van der Waals surface area contributed by atoms with E-state index in [2.05, 4.69) is 15.2 Å². The number of aromatic carboxylic acids is 1. The van der Waals surface area contributed by atoms with Gasteiger partial charge in [0.2, 0.25) is 5.01 Å². The highest BCUT2D eigenvalue weighted by molar-refractivity contribution is 7.13. The predicted octanol–water partition coefficient (Wildman–Crippen LogP) is 5.70. The maximum absolute atomic E-state index is 12.7. The summed E-state index contributed by atoms with van der Waals surface area (Å²) in [5.41, 5.74) is 10.3. The number of carboxylic acids is 1. The van der Waals surface area contributed by atoms with E-state index in [0.717, 1.165) is 27.0 Å². The molecule has 0 saturated heterocycles. The third kappa shape index (κ3) is 5.87. The lowest BCUT2D eigenvalue weighted by atomic mass is 10.0. The van der Waals surface area contributed by atoms with Crippen molar-refractivity contribution in [1.82, 2.24) is 15.2 Å². The first-order chi connectivity index (χ1) is 16.9. The number of hydrogen-bond donors (Lipinski definition) is 3. The minimum Gasteiger partial charge on any atom is -0.476 e. The van der Waals surface area contributed by atoms with Crippen LogP contribution in [0.5, 0.6) is 0 Å². The van der Waals surface area contributed by atoms with Crippen LogP contribution in [0.15, 0.2) is 79.0 Å². The van der Waals surface area contributed by atoms with Gasteiger partial charge in [-0.05, 0) is 42.8 Å². The number of H-pyrrole nitrogens is 1. The Bertz CT molecular complexity index is 1520. The second-order valence-corrected chi connectivity index (χ2v) is 8.88. The number of ketones is 1. The van der Waals surface area contributed by atoms with Crippen molar-refractivity contribution in [3.63, 3.8) is 0 Å². The van der Waals surface area contributed by atoms with Crippen LogP contribution in [0.4, 0.5) is 5.69 Å². The average Bonchev–Trinajstić information content (AvgIpc) is 3.49. The van der Waals surface area contributed by atoms with Crippen LogP contribution in [0.25, 0.3) is 23.1 Å². The van der Waals surface area contributed by atoms with Crippen LogP contribution in [0.1, 0.15) is 41.9 Å². The minimum atomic E-state index is -0.951. The second-order valence-electron chi connectivity index (χ2n) is 7.65. The first-order valence-electron chi connectivity index (χ1n) is 10.7. The number of nitrogens with one attached hydrogen (secondary N) is 1. The number of nitrogen functional groups attached to an aromatic ring is 1. The molecule has 174 valence electrons. The lowest BCUT2D eigenvalue weighted by Crippen LogP contribution is -2.01. The number of aromatic nitrogens is 3. The summed E-state index contributed by atoms with van der Waals surface area (Å²) in [6, 6.07) is 22.6. The molecule has 35 heavy (non-hydrogen) atoms. The molecule has 0 amide bonds. The van der Waals surface area contributed by atoms with Gasteiger partial charge in [-0.25, -0.2) is 9.78 Å². The number of fused-ring (bicyclic) bond motifs is 1. The van der Waals surface area contributed by atoms with Crippen molar-refractivity contribution < 1.29 is 14.7 Å². The fourth-order valence-corrected chi connectivity index (χ4v) is 3.95. The number of nitrogens with zero attached hydrogens (tertiary/aromatic N) is 2. The van der Waals surface area contributed by atoms with Gasteiger partial charge >= 0.3 is 5.97 Å². The highest BCUT2D eigenvalue weighted by atomic mass is 32.1. The molecule has 0 saturated carbocycles. The molecule has 5 aromatic rings. The summed E-state index contributed by atoms with van der Waals surface area (Å²) >= 11 is 1.19. The molecular formula is C27H22N4O3S. The smallest absolute Gasteiger partial charge is 0.365 e.